The molecule has 0 amide bonds. The van der Waals surface area contributed by atoms with Gasteiger partial charge in [-0.05, 0) is 18.7 Å². The number of benzene rings is 1. The van der Waals surface area contributed by atoms with Crippen LogP contribution in [-0.2, 0) is 4.74 Å². The number of hydrogen-bond donors (Lipinski definition) is 1. The number of hydrogen-bond acceptors (Lipinski definition) is 5. The first-order valence-electron chi connectivity index (χ1n) is 6.89. The number of methoxy groups -OCH3 is 3. The molecule has 0 aromatic heterocycles. The topological polar surface area (TPSA) is 49.0 Å². The Balaban J connectivity index is 2.10. The van der Waals surface area contributed by atoms with Crippen molar-refractivity contribution in [1.29, 1.82) is 0 Å². The molecule has 1 N–H and O–H groups in total. The first-order chi connectivity index (χ1) is 9.74. The highest BCUT2D eigenvalue weighted by Crippen LogP contribution is 2.40. The van der Waals surface area contributed by atoms with Crippen LogP contribution in [0.15, 0.2) is 18.2 Å². The van der Waals surface area contributed by atoms with Crippen LogP contribution in [0.4, 0.5) is 0 Å². The van der Waals surface area contributed by atoms with Crippen LogP contribution in [-0.4, -0.2) is 46.1 Å². The molecule has 0 aliphatic heterocycles. The predicted molar refractivity (Wildman–Crippen MR) is 76.8 cm³/mol. The maximum absolute atomic E-state index is 6.06. The van der Waals surface area contributed by atoms with Crippen LogP contribution in [0, 0.1) is 0 Å². The van der Waals surface area contributed by atoms with Crippen LogP contribution in [0.5, 0.6) is 17.2 Å². The molecular formula is C15H23NO4. The van der Waals surface area contributed by atoms with E-state index < -0.39 is 0 Å². The van der Waals surface area contributed by atoms with Gasteiger partial charge in [0.1, 0.15) is 12.2 Å². The number of ether oxygens (including phenoxy) is 4. The summed E-state index contributed by atoms with van der Waals surface area (Å²) >= 11 is 0. The first kappa shape index (κ1) is 14.9. The van der Waals surface area contributed by atoms with Gasteiger partial charge in [0.25, 0.3) is 0 Å². The van der Waals surface area contributed by atoms with Crippen molar-refractivity contribution in [1.82, 2.24) is 5.32 Å². The summed E-state index contributed by atoms with van der Waals surface area (Å²) in [5, 5.41) is 3.39. The van der Waals surface area contributed by atoms with Gasteiger partial charge in [-0.2, -0.15) is 0 Å². The molecule has 20 heavy (non-hydrogen) atoms. The van der Waals surface area contributed by atoms with Gasteiger partial charge in [0.2, 0.25) is 5.75 Å². The maximum Gasteiger partial charge on any atom is 0.203 e. The van der Waals surface area contributed by atoms with Crippen molar-refractivity contribution in [2.75, 3.05) is 27.9 Å². The van der Waals surface area contributed by atoms with Crippen molar-refractivity contribution >= 4 is 0 Å². The molecular weight excluding hydrogens is 258 g/mol. The highest BCUT2D eigenvalue weighted by molar-refractivity contribution is 5.51. The van der Waals surface area contributed by atoms with E-state index in [1.54, 1.807) is 21.3 Å². The monoisotopic (exact) mass is 281 g/mol. The minimum atomic E-state index is 0.00856. The molecule has 1 aliphatic carbocycles. The minimum Gasteiger partial charge on any atom is -0.493 e. The van der Waals surface area contributed by atoms with E-state index >= 15 is 0 Å². The normalized spacial score (nSPS) is 24.9. The molecule has 0 saturated heterocycles. The zero-order valence-electron chi connectivity index (χ0n) is 12.5. The Morgan fingerprint density at radius 2 is 1.80 bits per heavy atom. The van der Waals surface area contributed by atoms with Crippen LogP contribution >= 0.6 is 0 Å². The SMILES string of the molecule is CCNC1CC(Oc2c(OC)cccc2OC)C1OC. The molecule has 3 atom stereocenters. The Bertz CT molecular complexity index is 416. The summed E-state index contributed by atoms with van der Waals surface area (Å²) in [6.07, 6.45) is 0.965. The summed E-state index contributed by atoms with van der Waals surface area (Å²) in [5.74, 6) is 1.98. The molecule has 5 nitrogen and oxygen atoms in total. The van der Waals surface area contributed by atoms with E-state index in [2.05, 4.69) is 12.2 Å². The molecule has 0 heterocycles. The summed E-state index contributed by atoms with van der Waals surface area (Å²) in [7, 11) is 4.96. The second kappa shape index (κ2) is 6.81. The van der Waals surface area contributed by atoms with E-state index in [9.17, 15) is 0 Å². The van der Waals surface area contributed by atoms with Gasteiger partial charge in [-0.3, -0.25) is 0 Å². The lowest BCUT2D eigenvalue weighted by atomic mass is 9.85. The van der Waals surface area contributed by atoms with Gasteiger partial charge < -0.3 is 24.3 Å². The quantitative estimate of drug-likeness (QED) is 0.826. The van der Waals surface area contributed by atoms with Crippen molar-refractivity contribution in [3.8, 4) is 17.2 Å². The maximum atomic E-state index is 6.06. The van der Waals surface area contributed by atoms with E-state index in [-0.39, 0.29) is 12.2 Å². The lowest BCUT2D eigenvalue weighted by molar-refractivity contribution is -0.0895. The molecule has 0 bridgehead atoms. The Morgan fingerprint density at radius 3 is 2.30 bits per heavy atom. The fraction of sp³-hybridized carbons (Fsp3) is 0.600. The third-order valence-corrected chi connectivity index (χ3v) is 3.64. The van der Waals surface area contributed by atoms with E-state index in [0.29, 0.717) is 23.3 Å². The lowest BCUT2D eigenvalue weighted by Crippen LogP contribution is -2.60. The number of rotatable bonds is 7. The van der Waals surface area contributed by atoms with Crippen LogP contribution in [0.25, 0.3) is 0 Å². The molecule has 112 valence electrons. The Labute approximate surface area is 120 Å². The lowest BCUT2D eigenvalue weighted by Gasteiger charge is -2.43. The van der Waals surface area contributed by atoms with Crippen molar-refractivity contribution < 1.29 is 18.9 Å². The van der Waals surface area contributed by atoms with Crippen molar-refractivity contribution in [2.45, 2.75) is 31.6 Å². The molecule has 2 rings (SSSR count). The molecule has 1 aromatic carbocycles. The second-order valence-corrected chi connectivity index (χ2v) is 4.75. The molecule has 1 aliphatic rings. The highest BCUT2D eigenvalue weighted by atomic mass is 16.6. The summed E-state index contributed by atoms with van der Waals surface area (Å²) in [5.41, 5.74) is 0. The van der Waals surface area contributed by atoms with Gasteiger partial charge in [-0.25, -0.2) is 0 Å². The molecule has 0 radical (unpaired) electrons. The van der Waals surface area contributed by atoms with Gasteiger partial charge >= 0.3 is 0 Å². The molecule has 1 saturated carbocycles. The number of para-hydroxylation sites is 1. The average Bonchev–Trinajstić information content (AvgIpc) is 2.46. The Kier molecular flexibility index (Phi) is 5.09. The Hall–Kier alpha value is -1.46. The van der Waals surface area contributed by atoms with Crippen LogP contribution in [0.1, 0.15) is 13.3 Å². The highest BCUT2D eigenvalue weighted by Gasteiger charge is 2.43. The Morgan fingerprint density at radius 1 is 1.15 bits per heavy atom. The smallest absolute Gasteiger partial charge is 0.203 e. The minimum absolute atomic E-state index is 0.00856. The third kappa shape index (κ3) is 2.83. The number of likely N-dealkylation sites (N-methyl/N-ethyl adjacent to an activating group) is 1. The van der Waals surface area contributed by atoms with Crippen molar-refractivity contribution in [3.05, 3.63) is 18.2 Å². The zero-order valence-corrected chi connectivity index (χ0v) is 12.5. The van der Waals surface area contributed by atoms with Crippen LogP contribution in [0.2, 0.25) is 0 Å². The average molecular weight is 281 g/mol. The summed E-state index contributed by atoms with van der Waals surface area (Å²) < 4.78 is 22.3. The summed E-state index contributed by atoms with van der Waals surface area (Å²) in [6.45, 7) is 3.01. The van der Waals surface area contributed by atoms with E-state index in [1.807, 2.05) is 18.2 Å². The third-order valence-electron chi connectivity index (χ3n) is 3.64. The van der Waals surface area contributed by atoms with Gasteiger partial charge in [0.15, 0.2) is 11.5 Å². The first-order valence-corrected chi connectivity index (χ1v) is 6.89. The van der Waals surface area contributed by atoms with Crippen LogP contribution < -0.4 is 19.5 Å². The van der Waals surface area contributed by atoms with Crippen molar-refractivity contribution in [2.24, 2.45) is 0 Å². The molecule has 3 unspecified atom stereocenters. The van der Waals surface area contributed by atoms with Crippen LogP contribution in [0.3, 0.4) is 0 Å². The standard InChI is InChI=1S/C15H23NO4/c1-5-16-10-9-13(14(10)19-4)20-15-11(17-2)7-6-8-12(15)18-3/h6-8,10,13-14,16H,5,9H2,1-4H3. The van der Waals surface area contributed by atoms with E-state index in [4.69, 9.17) is 18.9 Å². The second-order valence-electron chi connectivity index (χ2n) is 4.75. The fourth-order valence-electron chi connectivity index (χ4n) is 2.56. The molecule has 0 spiro atoms. The summed E-state index contributed by atoms with van der Waals surface area (Å²) in [6, 6.07) is 5.94. The van der Waals surface area contributed by atoms with Gasteiger partial charge in [-0.1, -0.05) is 13.0 Å². The molecule has 1 aromatic rings. The predicted octanol–water partition coefficient (Wildman–Crippen LogP) is 1.85. The van der Waals surface area contributed by atoms with Gasteiger partial charge in [0.05, 0.1) is 14.2 Å². The summed E-state index contributed by atoms with van der Waals surface area (Å²) in [4.78, 5) is 0. The fourth-order valence-corrected chi connectivity index (χ4v) is 2.56. The zero-order chi connectivity index (χ0) is 14.5. The molecule has 1 fully saturated rings. The largest absolute Gasteiger partial charge is 0.493 e. The van der Waals surface area contributed by atoms with Crippen molar-refractivity contribution in [3.63, 3.8) is 0 Å². The van der Waals surface area contributed by atoms with E-state index in [0.717, 1.165) is 13.0 Å². The van der Waals surface area contributed by atoms with Gasteiger partial charge in [0, 0.05) is 19.6 Å². The van der Waals surface area contributed by atoms with Gasteiger partial charge in [-0.15, -0.1) is 0 Å². The number of nitrogens with one attached hydrogen (secondary N) is 1. The van der Waals surface area contributed by atoms with E-state index in [1.165, 1.54) is 0 Å². The molecule has 5 heteroatoms.